The van der Waals surface area contributed by atoms with Crippen molar-refractivity contribution in [1.29, 1.82) is 0 Å². The number of aromatic amines is 1. The lowest BCUT2D eigenvalue weighted by Crippen LogP contribution is -2.40. The van der Waals surface area contributed by atoms with Crippen molar-refractivity contribution in [3.05, 3.63) is 53.4 Å². The largest absolute Gasteiger partial charge is 0.383 e. The summed E-state index contributed by atoms with van der Waals surface area (Å²) in [6.07, 6.45) is 9.89. The standard InChI is InChI=1S/C27H35N3O2/c1-6-12-27(13-7-2)21-16-22-20(15-23(21)30(14-8-3)26(27)32)19-11-9-10-18(17-29(4)5)25(31)24(19)28-22/h8,15-17,28H,3,6-7,9-14H2,1-2,4-5H3/b18-17+. The van der Waals surface area contributed by atoms with Gasteiger partial charge in [0, 0.05) is 49.0 Å². The van der Waals surface area contributed by atoms with Gasteiger partial charge in [0.25, 0.3) is 0 Å². The van der Waals surface area contributed by atoms with Crippen LogP contribution in [0.2, 0.25) is 0 Å². The highest BCUT2D eigenvalue weighted by Gasteiger charge is 2.49. The molecular formula is C27H35N3O2. The van der Waals surface area contributed by atoms with Crippen LogP contribution in [0.25, 0.3) is 10.9 Å². The Hall–Kier alpha value is -2.82. The van der Waals surface area contributed by atoms with E-state index in [1.807, 2.05) is 30.1 Å². The van der Waals surface area contributed by atoms with Crippen LogP contribution in [0.3, 0.4) is 0 Å². The number of H-pyrrole nitrogens is 1. The minimum absolute atomic E-state index is 0.0926. The van der Waals surface area contributed by atoms with Crippen molar-refractivity contribution in [3.8, 4) is 0 Å². The Balaban J connectivity index is 1.93. The normalized spacial score (nSPS) is 18.8. The summed E-state index contributed by atoms with van der Waals surface area (Å²) in [6.45, 7) is 8.69. The van der Waals surface area contributed by atoms with Crippen LogP contribution < -0.4 is 4.90 Å². The number of aryl methyl sites for hydroxylation is 1. The number of amides is 1. The zero-order chi connectivity index (χ0) is 23.0. The third-order valence-corrected chi connectivity index (χ3v) is 6.95. The van der Waals surface area contributed by atoms with Gasteiger partial charge in [-0.1, -0.05) is 32.8 Å². The minimum atomic E-state index is -0.488. The summed E-state index contributed by atoms with van der Waals surface area (Å²) in [4.78, 5) is 34.4. The molecule has 32 heavy (non-hydrogen) atoms. The molecule has 1 aliphatic heterocycles. The van der Waals surface area contributed by atoms with Gasteiger partial charge in [-0.2, -0.15) is 0 Å². The molecule has 5 heteroatoms. The summed E-state index contributed by atoms with van der Waals surface area (Å²) in [5.41, 5.74) is 5.23. The first kappa shape index (κ1) is 22.4. The van der Waals surface area contributed by atoms with Crippen LogP contribution >= 0.6 is 0 Å². The SMILES string of the molecule is C=CCN1C(=O)C(CCC)(CCC)c2cc3[nH]c4c(c3cc21)CCC/C(=C\N(C)C)C4=O. The summed E-state index contributed by atoms with van der Waals surface area (Å²) in [5.74, 6) is 0.289. The Bertz CT molecular complexity index is 1100. The number of hydrogen-bond acceptors (Lipinski definition) is 3. The lowest BCUT2D eigenvalue weighted by Gasteiger charge is -2.28. The second-order valence-corrected chi connectivity index (χ2v) is 9.48. The summed E-state index contributed by atoms with van der Waals surface area (Å²) in [6, 6.07) is 4.32. The molecule has 2 aliphatic rings. The Labute approximate surface area is 191 Å². The van der Waals surface area contributed by atoms with E-state index in [0.29, 0.717) is 12.2 Å². The summed E-state index contributed by atoms with van der Waals surface area (Å²) >= 11 is 0. The predicted octanol–water partition coefficient (Wildman–Crippen LogP) is 5.50. The molecule has 0 fully saturated rings. The van der Waals surface area contributed by atoms with Crippen LogP contribution in [0.1, 0.15) is 74.0 Å². The molecule has 1 aromatic carbocycles. The highest BCUT2D eigenvalue weighted by atomic mass is 16.2. The van der Waals surface area contributed by atoms with Crippen LogP contribution in [-0.2, 0) is 16.6 Å². The molecule has 0 atom stereocenters. The Morgan fingerprint density at radius 1 is 1.16 bits per heavy atom. The molecule has 0 saturated heterocycles. The van der Waals surface area contributed by atoms with E-state index in [9.17, 15) is 9.59 Å². The fourth-order valence-electron chi connectivity index (χ4n) is 5.77. The number of nitrogens with one attached hydrogen (secondary N) is 1. The molecule has 2 aromatic rings. The van der Waals surface area contributed by atoms with Gasteiger partial charge in [0.15, 0.2) is 0 Å². The second-order valence-electron chi connectivity index (χ2n) is 9.48. The monoisotopic (exact) mass is 433 g/mol. The number of carbonyl (C=O) groups excluding carboxylic acids is 2. The van der Waals surface area contributed by atoms with Crippen molar-refractivity contribution >= 4 is 28.3 Å². The molecule has 1 aromatic heterocycles. The minimum Gasteiger partial charge on any atom is -0.383 e. The maximum Gasteiger partial charge on any atom is 0.238 e. The number of benzene rings is 1. The number of allylic oxidation sites excluding steroid dienone is 1. The number of nitrogens with zero attached hydrogens (tertiary/aromatic N) is 2. The predicted molar refractivity (Wildman–Crippen MR) is 131 cm³/mol. The summed E-state index contributed by atoms with van der Waals surface area (Å²) in [5, 5.41) is 1.07. The van der Waals surface area contributed by atoms with Gasteiger partial charge < -0.3 is 14.8 Å². The van der Waals surface area contributed by atoms with Gasteiger partial charge in [-0.05, 0) is 55.4 Å². The van der Waals surface area contributed by atoms with E-state index in [1.165, 1.54) is 0 Å². The number of rotatable bonds is 7. The molecule has 4 rings (SSSR count). The van der Waals surface area contributed by atoms with Crippen molar-refractivity contribution in [2.45, 2.75) is 64.2 Å². The molecule has 0 spiro atoms. The molecule has 2 heterocycles. The lowest BCUT2D eigenvalue weighted by atomic mass is 9.74. The zero-order valence-corrected chi connectivity index (χ0v) is 19.9. The van der Waals surface area contributed by atoms with Gasteiger partial charge in [0.1, 0.15) is 0 Å². The zero-order valence-electron chi connectivity index (χ0n) is 19.9. The van der Waals surface area contributed by atoms with Crippen LogP contribution in [0.4, 0.5) is 5.69 Å². The molecule has 0 radical (unpaired) electrons. The van der Waals surface area contributed by atoms with E-state index in [1.54, 1.807) is 6.08 Å². The van der Waals surface area contributed by atoms with E-state index >= 15 is 0 Å². The van der Waals surface area contributed by atoms with Crippen LogP contribution in [0, 0.1) is 0 Å². The van der Waals surface area contributed by atoms with E-state index in [0.717, 1.165) is 78.2 Å². The first-order chi connectivity index (χ1) is 15.4. The molecule has 0 unspecified atom stereocenters. The van der Waals surface area contributed by atoms with E-state index < -0.39 is 5.41 Å². The quantitative estimate of drug-likeness (QED) is 0.356. The van der Waals surface area contributed by atoms with Gasteiger partial charge in [0.2, 0.25) is 11.7 Å². The topological polar surface area (TPSA) is 56.4 Å². The van der Waals surface area contributed by atoms with Gasteiger partial charge in [-0.15, -0.1) is 6.58 Å². The Morgan fingerprint density at radius 3 is 2.50 bits per heavy atom. The average molecular weight is 434 g/mol. The van der Waals surface area contributed by atoms with Crippen molar-refractivity contribution < 1.29 is 9.59 Å². The van der Waals surface area contributed by atoms with E-state index in [-0.39, 0.29) is 11.7 Å². The smallest absolute Gasteiger partial charge is 0.238 e. The first-order valence-corrected chi connectivity index (χ1v) is 11.9. The molecule has 170 valence electrons. The number of anilines is 1. The maximum absolute atomic E-state index is 13.7. The Kier molecular flexibility index (Phi) is 6.02. The average Bonchev–Trinajstić information content (AvgIpc) is 3.15. The van der Waals surface area contributed by atoms with Crippen LogP contribution in [-0.4, -0.2) is 42.2 Å². The van der Waals surface area contributed by atoms with Gasteiger partial charge in [0.05, 0.1) is 11.1 Å². The molecular weight excluding hydrogens is 398 g/mol. The van der Waals surface area contributed by atoms with Gasteiger partial charge in [-0.25, -0.2) is 0 Å². The first-order valence-electron chi connectivity index (χ1n) is 11.9. The van der Waals surface area contributed by atoms with Crippen molar-refractivity contribution in [1.82, 2.24) is 9.88 Å². The van der Waals surface area contributed by atoms with Crippen molar-refractivity contribution in [2.75, 3.05) is 25.5 Å². The maximum atomic E-state index is 13.7. The summed E-state index contributed by atoms with van der Waals surface area (Å²) < 4.78 is 0. The summed E-state index contributed by atoms with van der Waals surface area (Å²) in [7, 11) is 3.90. The fraction of sp³-hybridized carbons (Fsp3) is 0.481. The lowest BCUT2D eigenvalue weighted by molar-refractivity contribution is -0.123. The van der Waals surface area contributed by atoms with Crippen LogP contribution in [0.15, 0.2) is 36.6 Å². The number of ketones is 1. The third-order valence-electron chi connectivity index (χ3n) is 6.95. The van der Waals surface area contributed by atoms with Gasteiger partial charge in [-0.3, -0.25) is 9.59 Å². The fourth-order valence-corrected chi connectivity index (χ4v) is 5.77. The molecule has 0 saturated carbocycles. The van der Waals surface area contributed by atoms with E-state index in [4.69, 9.17) is 0 Å². The number of carbonyl (C=O) groups is 2. The number of hydrogen-bond donors (Lipinski definition) is 1. The Morgan fingerprint density at radius 2 is 1.88 bits per heavy atom. The third kappa shape index (κ3) is 3.39. The molecule has 5 nitrogen and oxygen atoms in total. The van der Waals surface area contributed by atoms with Crippen molar-refractivity contribution in [2.24, 2.45) is 0 Å². The molecule has 1 aliphatic carbocycles. The molecule has 1 amide bonds. The number of fused-ring (bicyclic) bond motifs is 4. The van der Waals surface area contributed by atoms with E-state index in [2.05, 4.69) is 37.5 Å². The number of aromatic nitrogens is 1. The molecule has 0 bridgehead atoms. The second kappa shape index (κ2) is 8.61. The van der Waals surface area contributed by atoms with Crippen molar-refractivity contribution in [3.63, 3.8) is 0 Å². The highest BCUT2D eigenvalue weighted by molar-refractivity contribution is 6.14. The van der Waals surface area contributed by atoms with Gasteiger partial charge >= 0.3 is 0 Å². The molecule has 1 N–H and O–H groups in total. The highest BCUT2D eigenvalue weighted by Crippen LogP contribution is 2.49. The van der Waals surface area contributed by atoms with Crippen LogP contribution in [0.5, 0.6) is 0 Å². The number of Topliss-reactive ketones (excluding diaryl/α,β-unsaturated/α-hetero) is 1.